The predicted octanol–water partition coefficient (Wildman–Crippen LogP) is 1.89. The van der Waals surface area contributed by atoms with Gasteiger partial charge in [-0.2, -0.15) is 0 Å². The van der Waals surface area contributed by atoms with E-state index in [2.05, 4.69) is 22.1 Å². The molecule has 3 heterocycles. The van der Waals surface area contributed by atoms with E-state index in [0.29, 0.717) is 37.0 Å². The standard InChI is InChI=1S/C19H29ClN4O3/c1-2-3-6-23-9-10-27-13-17(23)18(25)22-15-4-7-24(8-5-15)19(26)16-11-14(20)12-21-16/h11-12,15,17,21H,2-10,13H2,1H3,(H,22,25)/t17-/m0/s1. The Morgan fingerprint density at radius 3 is 2.78 bits per heavy atom. The molecule has 7 nitrogen and oxygen atoms in total. The molecule has 2 saturated heterocycles. The largest absolute Gasteiger partial charge is 0.378 e. The Morgan fingerprint density at radius 2 is 2.11 bits per heavy atom. The van der Waals surface area contributed by atoms with Crippen molar-refractivity contribution in [2.45, 2.75) is 44.7 Å². The molecular weight excluding hydrogens is 368 g/mol. The number of aromatic nitrogens is 1. The molecule has 3 rings (SSSR count). The number of carbonyl (C=O) groups excluding carboxylic acids is 2. The van der Waals surface area contributed by atoms with Crippen LogP contribution in [-0.2, 0) is 9.53 Å². The van der Waals surface area contributed by atoms with E-state index >= 15 is 0 Å². The monoisotopic (exact) mass is 396 g/mol. The smallest absolute Gasteiger partial charge is 0.270 e. The van der Waals surface area contributed by atoms with Gasteiger partial charge in [0.05, 0.1) is 18.2 Å². The van der Waals surface area contributed by atoms with E-state index in [1.54, 1.807) is 12.3 Å². The number of likely N-dealkylation sites (tertiary alicyclic amines) is 1. The number of halogens is 1. The van der Waals surface area contributed by atoms with E-state index in [9.17, 15) is 9.59 Å². The van der Waals surface area contributed by atoms with E-state index in [1.165, 1.54) is 0 Å². The quantitative estimate of drug-likeness (QED) is 0.769. The summed E-state index contributed by atoms with van der Waals surface area (Å²) in [5.74, 6) is 0.00447. The van der Waals surface area contributed by atoms with Gasteiger partial charge in [-0.15, -0.1) is 0 Å². The summed E-state index contributed by atoms with van der Waals surface area (Å²) in [6.45, 7) is 6.30. The Hall–Kier alpha value is -1.57. The molecule has 2 amide bonds. The molecule has 0 aromatic carbocycles. The number of aromatic amines is 1. The first-order valence-corrected chi connectivity index (χ1v) is 10.2. The first-order chi connectivity index (χ1) is 13.1. The average Bonchev–Trinajstić information content (AvgIpc) is 3.13. The summed E-state index contributed by atoms with van der Waals surface area (Å²) in [6, 6.07) is 1.54. The summed E-state index contributed by atoms with van der Waals surface area (Å²) < 4.78 is 5.53. The molecule has 0 aliphatic carbocycles. The van der Waals surface area contributed by atoms with Crippen molar-refractivity contribution in [2.75, 3.05) is 39.4 Å². The number of morpholine rings is 1. The molecule has 0 radical (unpaired) electrons. The van der Waals surface area contributed by atoms with E-state index in [4.69, 9.17) is 16.3 Å². The lowest BCUT2D eigenvalue weighted by Gasteiger charge is -2.37. The highest BCUT2D eigenvalue weighted by Gasteiger charge is 2.32. The molecule has 0 saturated carbocycles. The molecule has 27 heavy (non-hydrogen) atoms. The summed E-state index contributed by atoms with van der Waals surface area (Å²) in [7, 11) is 0. The van der Waals surface area contributed by atoms with Gasteiger partial charge in [0.15, 0.2) is 0 Å². The van der Waals surface area contributed by atoms with Crippen LogP contribution < -0.4 is 5.32 Å². The van der Waals surface area contributed by atoms with Gasteiger partial charge in [0.25, 0.3) is 5.91 Å². The lowest BCUT2D eigenvalue weighted by molar-refractivity contribution is -0.133. The first-order valence-electron chi connectivity index (χ1n) is 9.84. The number of nitrogens with zero attached hydrogens (tertiary/aromatic N) is 2. The highest BCUT2D eigenvalue weighted by Crippen LogP contribution is 2.17. The van der Waals surface area contributed by atoms with Crippen LogP contribution >= 0.6 is 11.6 Å². The van der Waals surface area contributed by atoms with E-state index in [1.807, 2.05) is 4.90 Å². The van der Waals surface area contributed by atoms with Crippen molar-refractivity contribution in [1.29, 1.82) is 0 Å². The molecule has 2 aliphatic heterocycles. The summed E-state index contributed by atoms with van der Waals surface area (Å²) in [5, 5.41) is 3.70. The van der Waals surface area contributed by atoms with Gasteiger partial charge in [0, 0.05) is 31.9 Å². The molecule has 1 aromatic heterocycles. The zero-order valence-electron chi connectivity index (χ0n) is 15.9. The number of unbranched alkanes of at least 4 members (excludes halogenated alkanes) is 1. The van der Waals surface area contributed by atoms with Crippen LogP contribution in [0.2, 0.25) is 5.02 Å². The van der Waals surface area contributed by atoms with E-state index in [-0.39, 0.29) is 23.9 Å². The number of carbonyl (C=O) groups is 2. The highest BCUT2D eigenvalue weighted by atomic mass is 35.5. The summed E-state index contributed by atoms with van der Waals surface area (Å²) >= 11 is 5.88. The van der Waals surface area contributed by atoms with E-state index < -0.39 is 0 Å². The van der Waals surface area contributed by atoms with Crippen molar-refractivity contribution in [3.63, 3.8) is 0 Å². The number of rotatable bonds is 6. The molecule has 2 aliphatic rings. The van der Waals surface area contributed by atoms with Crippen LogP contribution in [0.3, 0.4) is 0 Å². The van der Waals surface area contributed by atoms with Crippen LogP contribution in [0.15, 0.2) is 12.3 Å². The molecule has 0 unspecified atom stereocenters. The van der Waals surface area contributed by atoms with Crippen molar-refractivity contribution >= 4 is 23.4 Å². The minimum Gasteiger partial charge on any atom is -0.378 e. The lowest BCUT2D eigenvalue weighted by Crippen LogP contribution is -2.56. The van der Waals surface area contributed by atoms with Crippen LogP contribution in [0.25, 0.3) is 0 Å². The molecule has 0 spiro atoms. The summed E-state index contributed by atoms with van der Waals surface area (Å²) in [5.41, 5.74) is 0.508. The Labute approximate surface area is 165 Å². The van der Waals surface area contributed by atoms with Crippen LogP contribution in [0.4, 0.5) is 0 Å². The fourth-order valence-corrected chi connectivity index (χ4v) is 3.86. The number of piperidine rings is 1. The summed E-state index contributed by atoms with van der Waals surface area (Å²) in [6.07, 6.45) is 5.33. The molecule has 2 N–H and O–H groups in total. The second-order valence-corrected chi connectivity index (χ2v) is 7.72. The Morgan fingerprint density at radius 1 is 1.33 bits per heavy atom. The van der Waals surface area contributed by atoms with E-state index in [0.717, 1.165) is 38.8 Å². The zero-order chi connectivity index (χ0) is 19.2. The second-order valence-electron chi connectivity index (χ2n) is 7.29. The SMILES string of the molecule is CCCCN1CCOC[C@H]1C(=O)NC1CCN(C(=O)c2cc(Cl)c[nH]2)CC1. The van der Waals surface area contributed by atoms with Gasteiger partial charge < -0.3 is 19.9 Å². The minimum atomic E-state index is -0.203. The van der Waals surface area contributed by atoms with Crippen LogP contribution in [0, 0.1) is 0 Å². The Bertz CT molecular complexity index is 643. The van der Waals surface area contributed by atoms with Gasteiger partial charge in [0.1, 0.15) is 11.7 Å². The van der Waals surface area contributed by atoms with Gasteiger partial charge in [-0.25, -0.2) is 0 Å². The number of hydrogen-bond donors (Lipinski definition) is 2. The van der Waals surface area contributed by atoms with Crippen LogP contribution in [0.1, 0.15) is 43.1 Å². The minimum absolute atomic E-state index is 0.0434. The number of nitrogens with one attached hydrogen (secondary N) is 2. The van der Waals surface area contributed by atoms with Crippen molar-refractivity contribution in [2.24, 2.45) is 0 Å². The fourth-order valence-electron chi connectivity index (χ4n) is 3.69. The number of ether oxygens (including phenoxy) is 1. The Balaban J connectivity index is 1.48. The molecule has 8 heteroatoms. The predicted molar refractivity (Wildman–Crippen MR) is 104 cm³/mol. The molecule has 1 aromatic rings. The van der Waals surface area contributed by atoms with Crippen molar-refractivity contribution in [3.8, 4) is 0 Å². The lowest BCUT2D eigenvalue weighted by atomic mass is 10.0. The molecular formula is C19H29ClN4O3. The zero-order valence-corrected chi connectivity index (χ0v) is 16.6. The van der Waals surface area contributed by atoms with Gasteiger partial charge >= 0.3 is 0 Å². The van der Waals surface area contributed by atoms with Crippen LogP contribution in [-0.4, -0.2) is 78.1 Å². The maximum absolute atomic E-state index is 12.7. The maximum atomic E-state index is 12.7. The fraction of sp³-hybridized carbons (Fsp3) is 0.684. The van der Waals surface area contributed by atoms with Gasteiger partial charge in [0.2, 0.25) is 5.91 Å². The van der Waals surface area contributed by atoms with Gasteiger partial charge in [-0.3, -0.25) is 14.5 Å². The average molecular weight is 397 g/mol. The third-order valence-electron chi connectivity index (χ3n) is 5.35. The van der Waals surface area contributed by atoms with Gasteiger partial charge in [-0.05, 0) is 31.9 Å². The van der Waals surface area contributed by atoms with Crippen molar-refractivity contribution < 1.29 is 14.3 Å². The molecule has 150 valence electrons. The van der Waals surface area contributed by atoms with Crippen LogP contribution in [0.5, 0.6) is 0 Å². The summed E-state index contributed by atoms with van der Waals surface area (Å²) in [4.78, 5) is 32.1. The molecule has 2 fully saturated rings. The third-order valence-corrected chi connectivity index (χ3v) is 5.57. The third kappa shape index (κ3) is 5.24. The maximum Gasteiger partial charge on any atom is 0.270 e. The number of amides is 2. The normalized spacial score (nSPS) is 22.0. The topological polar surface area (TPSA) is 77.7 Å². The van der Waals surface area contributed by atoms with Crippen molar-refractivity contribution in [1.82, 2.24) is 20.1 Å². The number of hydrogen-bond acceptors (Lipinski definition) is 4. The second kappa shape index (κ2) is 9.57. The highest BCUT2D eigenvalue weighted by molar-refractivity contribution is 6.30. The van der Waals surface area contributed by atoms with Crippen molar-refractivity contribution in [3.05, 3.63) is 23.0 Å². The number of H-pyrrole nitrogens is 1. The Kier molecular flexibility index (Phi) is 7.15. The van der Waals surface area contributed by atoms with Gasteiger partial charge in [-0.1, -0.05) is 24.9 Å². The molecule has 1 atom stereocenters. The molecule has 0 bridgehead atoms. The first kappa shape index (κ1) is 20.2.